The van der Waals surface area contributed by atoms with Crippen molar-refractivity contribution in [1.82, 2.24) is 4.90 Å². The lowest BCUT2D eigenvalue weighted by Gasteiger charge is -2.45. The predicted octanol–water partition coefficient (Wildman–Crippen LogP) is 6.32. The molecule has 194 valence electrons. The first-order valence-corrected chi connectivity index (χ1v) is 13.1. The number of rotatable bonds is 6. The minimum absolute atomic E-state index is 0.127. The molecule has 1 fully saturated rings. The average molecular weight is 517 g/mol. The summed E-state index contributed by atoms with van der Waals surface area (Å²) >= 11 is 0. The smallest absolute Gasteiger partial charge is 0.331 e. The van der Waals surface area contributed by atoms with Crippen molar-refractivity contribution in [2.45, 2.75) is 31.3 Å². The number of carbonyl (C=O) groups excluding carboxylic acids is 3. The Morgan fingerprint density at radius 3 is 2.18 bits per heavy atom. The maximum atomic E-state index is 13.4. The lowest BCUT2D eigenvalue weighted by Crippen LogP contribution is -2.59. The van der Waals surface area contributed by atoms with Crippen molar-refractivity contribution >= 4 is 23.5 Å². The number of benzene rings is 4. The summed E-state index contributed by atoms with van der Waals surface area (Å²) in [5, 5.41) is 3.00. The van der Waals surface area contributed by atoms with Crippen LogP contribution in [0, 0.1) is 0 Å². The Bertz CT molecular complexity index is 1570. The van der Waals surface area contributed by atoms with E-state index in [0.717, 1.165) is 34.2 Å². The molecule has 1 saturated carbocycles. The molecular weight excluding hydrogens is 488 g/mol. The lowest BCUT2D eigenvalue weighted by atomic mass is 9.75. The highest BCUT2D eigenvalue weighted by Gasteiger charge is 2.54. The van der Waals surface area contributed by atoms with Crippen molar-refractivity contribution in [3.8, 4) is 22.3 Å². The predicted molar refractivity (Wildman–Crippen MR) is 150 cm³/mol. The van der Waals surface area contributed by atoms with Crippen LogP contribution >= 0.6 is 0 Å². The zero-order chi connectivity index (χ0) is 27.0. The second-order valence-corrected chi connectivity index (χ2v) is 10.1. The third-order valence-electron chi connectivity index (χ3n) is 7.91. The molecule has 2 amide bonds. The van der Waals surface area contributed by atoms with Gasteiger partial charge in [0.05, 0.1) is 7.11 Å². The van der Waals surface area contributed by atoms with Crippen LogP contribution in [0.4, 0.5) is 5.69 Å². The van der Waals surface area contributed by atoms with E-state index < -0.39 is 5.54 Å². The highest BCUT2D eigenvalue weighted by atomic mass is 16.5. The van der Waals surface area contributed by atoms with Gasteiger partial charge in [-0.15, -0.1) is 0 Å². The summed E-state index contributed by atoms with van der Waals surface area (Å²) in [6.45, 7) is 0.416. The SMILES string of the molecule is COC(=O)C1(N2Cc3ccc(-c4ccc(NC(=O)c5ccccc5-c5ccccc5)cc4)cc3C2=O)CCC1. The molecule has 0 spiro atoms. The zero-order valence-corrected chi connectivity index (χ0v) is 21.6. The van der Waals surface area contributed by atoms with Gasteiger partial charge in [-0.2, -0.15) is 0 Å². The molecular formula is C33H28N2O4. The van der Waals surface area contributed by atoms with Crippen molar-refractivity contribution in [2.24, 2.45) is 0 Å². The summed E-state index contributed by atoms with van der Waals surface area (Å²) in [4.78, 5) is 40.7. The molecule has 0 atom stereocenters. The largest absolute Gasteiger partial charge is 0.467 e. The van der Waals surface area contributed by atoms with Crippen LogP contribution in [0.1, 0.15) is 45.5 Å². The number of hydrogen-bond donors (Lipinski definition) is 1. The summed E-state index contributed by atoms with van der Waals surface area (Å²) in [7, 11) is 1.38. The van der Waals surface area contributed by atoms with E-state index in [1.165, 1.54) is 7.11 Å². The molecule has 0 unspecified atom stereocenters. The number of hydrogen-bond acceptors (Lipinski definition) is 4. The average Bonchev–Trinajstić information content (AvgIpc) is 3.28. The number of amides is 2. The number of esters is 1. The Morgan fingerprint density at radius 1 is 0.795 bits per heavy atom. The Kier molecular flexibility index (Phi) is 6.23. The molecule has 6 heteroatoms. The Hall–Kier alpha value is -4.71. The van der Waals surface area contributed by atoms with E-state index in [4.69, 9.17) is 4.74 Å². The molecule has 1 N–H and O–H groups in total. The summed E-state index contributed by atoms with van der Waals surface area (Å²) < 4.78 is 5.04. The second kappa shape index (κ2) is 9.87. The highest BCUT2D eigenvalue weighted by Crippen LogP contribution is 2.43. The fraction of sp³-hybridized carbons (Fsp3) is 0.182. The third-order valence-corrected chi connectivity index (χ3v) is 7.91. The molecule has 1 aliphatic carbocycles. The van der Waals surface area contributed by atoms with E-state index >= 15 is 0 Å². The molecule has 0 saturated heterocycles. The summed E-state index contributed by atoms with van der Waals surface area (Å²) in [5.41, 5.74) is 5.67. The zero-order valence-electron chi connectivity index (χ0n) is 21.6. The highest BCUT2D eigenvalue weighted by molar-refractivity contribution is 6.09. The monoisotopic (exact) mass is 516 g/mol. The van der Waals surface area contributed by atoms with Crippen LogP contribution in [-0.4, -0.2) is 35.3 Å². The van der Waals surface area contributed by atoms with Gasteiger partial charge in [0.25, 0.3) is 11.8 Å². The van der Waals surface area contributed by atoms with Crippen molar-refractivity contribution in [1.29, 1.82) is 0 Å². The summed E-state index contributed by atoms with van der Waals surface area (Å²) in [5.74, 6) is -0.641. The molecule has 0 aromatic heterocycles. The third kappa shape index (κ3) is 4.28. The molecule has 1 aliphatic heterocycles. The van der Waals surface area contributed by atoms with Crippen LogP contribution < -0.4 is 5.32 Å². The van der Waals surface area contributed by atoms with Gasteiger partial charge < -0.3 is 15.0 Å². The number of anilines is 1. The van der Waals surface area contributed by atoms with Gasteiger partial charge in [0.2, 0.25) is 0 Å². The van der Waals surface area contributed by atoms with Crippen LogP contribution in [0.2, 0.25) is 0 Å². The Balaban J connectivity index is 1.20. The Morgan fingerprint density at radius 2 is 1.49 bits per heavy atom. The maximum absolute atomic E-state index is 13.4. The number of carbonyl (C=O) groups is 3. The molecule has 0 radical (unpaired) electrons. The number of fused-ring (bicyclic) bond motifs is 1. The van der Waals surface area contributed by atoms with E-state index in [-0.39, 0.29) is 17.8 Å². The number of methoxy groups -OCH3 is 1. The van der Waals surface area contributed by atoms with E-state index in [9.17, 15) is 14.4 Å². The van der Waals surface area contributed by atoms with Crippen LogP contribution in [0.5, 0.6) is 0 Å². The standard InChI is InChI=1S/C33H28N2O4/c1-39-32(38)33(18-7-19-33)35-21-25-13-12-24(20-29(25)31(35)37)22-14-16-26(17-15-22)34-30(36)28-11-6-5-10-27(28)23-8-3-2-4-9-23/h2-6,8-17,20H,7,18-19,21H2,1H3,(H,34,36). The fourth-order valence-corrected chi connectivity index (χ4v) is 5.61. The molecule has 6 nitrogen and oxygen atoms in total. The van der Waals surface area contributed by atoms with E-state index in [1.807, 2.05) is 97.1 Å². The topological polar surface area (TPSA) is 75.7 Å². The van der Waals surface area contributed by atoms with E-state index in [0.29, 0.717) is 36.2 Å². The quantitative estimate of drug-likeness (QED) is 0.304. The molecule has 4 aromatic carbocycles. The van der Waals surface area contributed by atoms with Crippen molar-refractivity contribution in [2.75, 3.05) is 12.4 Å². The molecule has 0 bridgehead atoms. The second-order valence-electron chi connectivity index (χ2n) is 10.1. The molecule has 6 rings (SSSR count). The first-order valence-electron chi connectivity index (χ1n) is 13.1. The van der Waals surface area contributed by atoms with Crippen molar-refractivity contribution in [3.63, 3.8) is 0 Å². The van der Waals surface area contributed by atoms with Crippen LogP contribution in [-0.2, 0) is 16.1 Å². The van der Waals surface area contributed by atoms with E-state index in [1.54, 1.807) is 4.90 Å². The van der Waals surface area contributed by atoms with Crippen LogP contribution in [0.25, 0.3) is 22.3 Å². The van der Waals surface area contributed by atoms with Gasteiger partial charge in [0, 0.05) is 23.4 Å². The summed E-state index contributed by atoms with van der Waals surface area (Å²) in [6.07, 6.45) is 2.17. The first-order chi connectivity index (χ1) is 19.0. The van der Waals surface area contributed by atoms with E-state index in [2.05, 4.69) is 5.32 Å². The van der Waals surface area contributed by atoms with Crippen LogP contribution in [0.3, 0.4) is 0 Å². The normalized spacial score (nSPS) is 15.3. The molecule has 1 heterocycles. The molecule has 4 aromatic rings. The van der Waals surface area contributed by atoms with Gasteiger partial charge in [-0.05, 0) is 71.3 Å². The lowest BCUT2D eigenvalue weighted by molar-refractivity contribution is -0.159. The summed E-state index contributed by atoms with van der Waals surface area (Å²) in [6, 6.07) is 30.8. The number of ether oxygens (including phenoxy) is 1. The van der Waals surface area contributed by atoms with Gasteiger partial charge in [0.15, 0.2) is 0 Å². The van der Waals surface area contributed by atoms with Crippen molar-refractivity contribution < 1.29 is 19.1 Å². The minimum atomic E-state index is -0.843. The van der Waals surface area contributed by atoms with Gasteiger partial charge in [-0.25, -0.2) is 4.79 Å². The van der Waals surface area contributed by atoms with Gasteiger partial charge >= 0.3 is 5.97 Å². The van der Waals surface area contributed by atoms with Crippen LogP contribution in [0.15, 0.2) is 97.1 Å². The van der Waals surface area contributed by atoms with Gasteiger partial charge in [0.1, 0.15) is 5.54 Å². The van der Waals surface area contributed by atoms with Gasteiger partial charge in [-0.3, -0.25) is 9.59 Å². The fourth-order valence-electron chi connectivity index (χ4n) is 5.61. The number of nitrogens with zero attached hydrogens (tertiary/aromatic N) is 1. The van der Waals surface area contributed by atoms with Gasteiger partial charge in [-0.1, -0.05) is 72.8 Å². The van der Waals surface area contributed by atoms with Crippen molar-refractivity contribution in [3.05, 3.63) is 114 Å². The molecule has 2 aliphatic rings. The Labute approximate surface area is 227 Å². The maximum Gasteiger partial charge on any atom is 0.331 e. The molecule has 39 heavy (non-hydrogen) atoms. The minimum Gasteiger partial charge on any atom is -0.467 e. The number of nitrogens with one attached hydrogen (secondary N) is 1. The first kappa shape index (κ1) is 24.6.